The summed E-state index contributed by atoms with van der Waals surface area (Å²) >= 11 is 6.01. The second-order valence-electron chi connectivity index (χ2n) is 6.54. The van der Waals surface area contributed by atoms with Crippen LogP contribution in [0, 0.1) is 5.92 Å². The average Bonchev–Trinajstić information content (AvgIpc) is 3.03. The predicted octanol–water partition coefficient (Wildman–Crippen LogP) is 3.86. The summed E-state index contributed by atoms with van der Waals surface area (Å²) < 4.78 is 5.57. The Balaban J connectivity index is 1.84. The first-order valence-electron chi connectivity index (χ1n) is 8.31. The van der Waals surface area contributed by atoms with E-state index in [9.17, 15) is 4.79 Å². The van der Waals surface area contributed by atoms with Gasteiger partial charge in [0, 0.05) is 18.1 Å². The molecule has 0 radical (unpaired) electrons. The minimum Gasteiger partial charge on any atom is -0.375 e. The SMILES string of the molecule is CC1CN(C(=O)C(c2ccc(Cl)cc2)C2CCCC2)CCO1. The molecule has 0 N–H and O–H groups in total. The molecule has 3 rings (SSSR count). The lowest BCUT2D eigenvalue weighted by atomic mass is 9.83. The van der Waals surface area contributed by atoms with Gasteiger partial charge in [-0.05, 0) is 43.4 Å². The number of rotatable bonds is 3. The molecule has 1 amide bonds. The zero-order valence-corrected chi connectivity index (χ0v) is 13.9. The van der Waals surface area contributed by atoms with Crippen LogP contribution in [0.1, 0.15) is 44.1 Å². The van der Waals surface area contributed by atoms with Crippen LogP contribution in [0.4, 0.5) is 0 Å². The Bertz CT molecular complexity index is 510. The van der Waals surface area contributed by atoms with E-state index in [2.05, 4.69) is 0 Å². The summed E-state index contributed by atoms with van der Waals surface area (Å²) in [6.07, 6.45) is 4.91. The Labute approximate surface area is 137 Å². The van der Waals surface area contributed by atoms with Crippen molar-refractivity contribution in [2.75, 3.05) is 19.7 Å². The zero-order chi connectivity index (χ0) is 15.5. The number of morpholine rings is 1. The van der Waals surface area contributed by atoms with Crippen molar-refractivity contribution in [1.29, 1.82) is 0 Å². The van der Waals surface area contributed by atoms with Gasteiger partial charge in [0.15, 0.2) is 0 Å². The maximum atomic E-state index is 13.2. The van der Waals surface area contributed by atoms with Crippen molar-refractivity contribution in [3.63, 3.8) is 0 Å². The summed E-state index contributed by atoms with van der Waals surface area (Å²) in [6.45, 7) is 4.09. The van der Waals surface area contributed by atoms with Crippen LogP contribution in [0.5, 0.6) is 0 Å². The van der Waals surface area contributed by atoms with E-state index in [1.807, 2.05) is 36.1 Å². The minimum absolute atomic E-state index is 0.0231. The van der Waals surface area contributed by atoms with E-state index in [-0.39, 0.29) is 17.9 Å². The second kappa shape index (κ2) is 7.01. The number of ether oxygens (including phenoxy) is 1. The highest BCUT2D eigenvalue weighted by Gasteiger charge is 2.35. The Kier molecular flexibility index (Phi) is 5.04. The van der Waals surface area contributed by atoms with Gasteiger partial charge in [-0.25, -0.2) is 0 Å². The number of amides is 1. The Hall–Kier alpha value is -1.06. The average molecular weight is 322 g/mol. The molecule has 2 fully saturated rings. The Morgan fingerprint density at radius 2 is 1.95 bits per heavy atom. The lowest BCUT2D eigenvalue weighted by Gasteiger charge is -2.35. The van der Waals surface area contributed by atoms with Gasteiger partial charge < -0.3 is 9.64 Å². The van der Waals surface area contributed by atoms with Crippen molar-refractivity contribution >= 4 is 17.5 Å². The molecule has 4 heteroatoms. The summed E-state index contributed by atoms with van der Waals surface area (Å²) in [6, 6.07) is 7.84. The molecule has 2 unspecified atom stereocenters. The van der Waals surface area contributed by atoms with Gasteiger partial charge in [-0.2, -0.15) is 0 Å². The van der Waals surface area contributed by atoms with Gasteiger partial charge in [0.2, 0.25) is 5.91 Å². The summed E-state index contributed by atoms with van der Waals surface area (Å²) in [5.41, 5.74) is 1.11. The first-order valence-corrected chi connectivity index (χ1v) is 8.69. The maximum Gasteiger partial charge on any atom is 0.230 e. The van der Waals surface area contributed by atoms with E-state index in [0.29, 0.717) is 25.6 Å². The molecule has 0 aromatic heterocycles. The quantitative estimate of drug-likeness (QED) is 0.846. The molecule has 2 aliphatic rings. The van der Waals surface area contributed by atoms with Gasteiger partial charge in [0.05, 0.1) is 18.6 Å². The molecule has 1 aromatic rings. The number of benzene rings is 1. The van der Waals surface area contributed by atoms with Crippen molar-refractivity contribution in [1.82, 2.24) is 4.90 Å². The van der Waals surface area contributed by atoms with Gasteiger partial charge in [-0.3, -0.25) is 4.79 Å². The number of halogens is 1. The molecule has 1 heterocycles. The summed E-state index contributed by atoms with van der Waals surface area (Å²) in [5.74, 6) is 0.710. The van der Waals surface area contributed by atoms with Gasteiger partial charge in [0.25, 0.3) is 0 Å². The number of nitrogens with zero attached hydrogens (tertiary/aromatic N) is 1. The molecule has 0 bridgehead atoms. The molecule has 1 aliphatic heterocycles. The Morgan fingerprint density at radius 3 is 2.59 bits per heavy atom. The number of carbonyl (C=O) groups is 1. The fraction of sp³-hybridized carbons (Fsp3) is 0.611. The van der Waals surface area contributed by atoms with Crippen LogP contribution < -0.4 is 0 Å². The largest absolute Gasteiger partial charge is 0.375 e. The number of hydrogen-bond donors (Lipinski definition) is 0. The Morgan fingerprint density at radius 1 is 1.27 bits per heavy atom. The van der Waals surface area contributed by atoms with Crippen molar-refractivity contribution < 1.29 is 9.53 Å². The van der Waals surface area contributed by atoms with Crippen LogP contribution in [0.3, 0.4) is 0 Å². The van der Waals surface area contributed by atoms with E-state index in [1.165, 1.54) is 12.8 Å². The van der Waals surface area contributed by atoms with E-state index < -0.39 is 0 Å². The molecule has 1 aliphatic carbocycles. The molecule has 120 valence electrons. The van der Waals surface area contributed by atoms with Crippen molar-refractivity contribution in [3.05, 3.63) is 34.9 Å². The standard InChI is InChI=1S/C18H24ClNO2/c1-13-12-20(10-11-22-13)18(21)17(14-4-2-3-5-14)15-6-8-16(19)9-7-15/h6-9,13-14,17H,2-5,10-12H2,1H3. The normalized spacial score (nSPS) is 24.5. The van der Waals surface area contributed by atoms with Crippen LogP contribution in [-0.2, 0) is 9.53 Å². The molecule has 3 nitrogen and oxygen atoms in total. The third-order valence-electron chi connectivity index (χ3n) is 4.92. The van der Waals surface area contributed by atoms with Crippen molar-refractivity contribution in [2.24, 2.45) is 5.92 Å². The van der Waals surface area contributed by atoms with Crippen LogP contribution in [0.2, 0.25) is 5.02 Å². The molecular weight excluding hydrogens is 298 g/mol. The first-order chi connectivity index (χ1) is 10.6. The van der Waals surface area contributed by atoms with Gasteiger partial charge in [-0.15, -0.1) is 0 Å². The number of hydrogen-bond acceptors (Lipinski definition) is 2. The molecule has 1 aromatic carbocycles. The topological polar surface area (TPSA) is 29.5 Å². The molecule has 1 saturated carbocycles. The summed E-state index contributed by atoms with van der Waals surface area (Å²) in [5, 5.41) is 0.723. The highest BCUT2D eigenvalue weighted by molar-refractivity contribution is 6.30. The first kappa shape index (κ1) is 15.8. The van der Waals surface area contributed by atoms with E-state index in [4.69, 9.17) is 16.3 Å². The van der Waals surface area contributed by atoms with Crippen LogP contribution in [0.25, 0.3) is 0 Å². The van der Waals surface area contributed by atoms with E-state index >= 15 is 0 Å². The zero-order valence-electron chi connectivity index (χ0n) is 13.1. The predicted molar refractivity (Wildman–Crippen MR) is 88.1 cm³/mol. The molecule has 1 saturated heterocycles. The smallest absolute Gasteiger partial charge is 0.230 e. The summed E-state index contributed by atoms with van der Waals surface area (Å²) in [4.78, 5) is 15.1. The third-order valence-corrected chi connectivity index (χ3v) is 5.17. The fourth-order valence-corrected chi connectivity index (χ4v) is 3.92. The monoisotopic (exact) mass is 321 g/mol. The lowest BCUT2D eigenvalue weighted by molar-refractivity contribution is -0.141. The van der Waals surface area contributed by atoms with Gasteiger partial charge in [-0.1, -0.05) is 36.6 Å². The van der Waals surface area contributed by atoms with Gasteiger partial charge >= 0.3 is 0 Å². The lowest BCUT2D eigenvalue weighted by Crippen LogP contribution is -2.47. The van der Waals surface area contributed by atoms with E-state index in [1.54, 1.807) is 0 Å². The highest BCUT2D eigenvalue weighted by Crippen LogP contribution is 2.39. The fourth-order valence-electron chi connectivity index (χ4n) is 3.79. The molecule has 22 heavy (non-hydrogen) atoms. The third kappa shape index (κ3) is 3.47. The van der Waals surface area contributed by atoms with Crippen molar-refractivity contribution in [3.8, 4) is 0 Å². The molecule has 2 atom stereocenters. The summed E-state index contributed by atoms with van der Waals surface area (Å²) in [7, 11) is 0. The highest BCUT2D eigenvalue weighted by atomic mass is 35.5. The van der Waals surface area contributed by atoms with Crippen LogP contribution in [-0.4, -0.2) is 36.6 Å². The molecule has 0 spiro atoms. The van der Waals surface area contributed by atoms with Crippen LogP contribution in [0.15, 0.2) is 24.3 Å². The van der Waals surface area contributed by atoms with Gasteiger partial charge in [0.1, 0.15) is 0 Å². The maximum absolute atomic E-state index is 13.2. The second-order valence-corrected chi connectivity index (χ2v) is 6.98. The minimum atomic E-state index is -0.0231. The van der Waals surface area contributed by atoms with Crippen LogP contribution >= 0.6 is 11.6 Å². The molecular formula is C18H24ClNO2. The van der Waals surface area contributed by atoms with E-state index in [0.717, 1.165) is 23.4 Å². The number of carbonyl (C=O) groups excluding carboxylic acids is 1. The van der Waals surface area contributed by atoms with Crippen molar-refractivity contribution in [2.45, 2.75) is 44.6 Å².